The van der Waals surface area contributed by atoms with Crippen molar-refractivity contribution in [2.24, 2.45) is 4.99 Å². The molecule has 4 heterocycles. The number of pyridine rings is 1. The quantitative estimate of drug-likeness (QED) is 0.540. The van der Waals surface area contributed by atoms with Crippen molar-refractivity contribution in [3.8, 4) is 5.69 Å². The standard InChI is InChI=1S/C23H23ClN4S/c1-14-12-19(16(3)28(14)18-9-7-17(24)8-10-18)22-21(20-6-4-5-11-25-20)26-23-27(22)13-15(2)29-23/h4-12,15,21-22H,13H2,1-3H3/t15-,21+,22-/m0/s1. The summed E-state index contributed by atoms with van der Waals surface area (Å²) in [6, 6.07) is 16.7. The first kappa shape index (κ1) is 18.8. The fourth-order valence-electron chi connectivity index (χ4n) is 4.53. The average Bonchev–Trinajstić information content (AvgIpc) is 3.33. The van der Waals surface area contributed by atoms with Gasteiger partial charge in [-0.3, -0.25) is 9.98 Å². The largest absolute Gasteiger partial charge is 0.341 e. The van der Waals surface area contributed by atoms with Gasteiger partial charge in [0.2, 0.25) is 0 Å². The van der Waals surface area contributed by atoms with Crippen LogP contribution >= 0.6 is 23.4 Å². The minimum absolute atomic E-state index is 0.0189. The molecule has 0 saturated carbocycles. The summed E-state index contributed by atoms with van der Waals surface area (Å²) in [5, 5.41) is 2.46. The van der Waals surface area contributed by atoms with Crippen LogP contribution in [0.15, 0.2) is 59.7 Å². The summed E-state index contributed by atoms with van der Waals surface area (Å²) in [7, 11) is 0. The minimum Gasteiger partial charge on any atom is -0.341 e. The number of nitrogens with zero attached hydrogens (tertiary/aromatic N) is 4. The molecule has 2 aromatic heterocycles. The van der Waals surface area contributed by atoms with E-state index in [9.17, 15) is 0 Å². The van der Waals surface area contributed by atoms with Gasteiger partial charge in [0.1, 0.15) is 6.04 Å². The van der Waals surface area contributed by atoms with E-state index < -0.39 is 0 Å². The number of aliphatic imine (C=N–C) groups is 1. The fourth-order valence-corrected chi connectivity index (χ4v) is 5.75. The zero-order valence-electron chi connectivity index (χ0n) is 16.7. The normalized spacial score (nSPS) is 23.4. The number of fused-ring (bicyclic) bond motifs is 1. The molecule has 1 fully saturated rings. The number of aromatic nitrogens is 2. The van der Waals surface area contributed by atoms with Crippen LogP contribution in [0.1, 0.15) is 41.7 Å². The zero-order chi connectivity index (χ0) is 20.1. The van der Waals surface area contributed by atoms with Crippen LogP contribution in [-0.4, -0.2) is 31.4 Å². The molecule has 0 amide bonds. The predicted octanol–water partition coefficient (Wildman–Crippen LogP) is 5.73. The van der Waals surface area contributed by atoms with E-state index in [4.69, 9.17) is 16.6 Å². The first-order chi connectivity index (χ1) is 14.0. The molecule has 0 aliphatic carbocycles. The van der Waals surface area contributed by atoms with E-state index >= 15 is 0 Å². The number of halogens is 1. The van der Waals surface area contributed by atoms with Gasteiger partial charge in [0, 0.05) is 40.1 Å². The molecule has 2 aliphatic rings. The van der Waals surface area contributed by atoms with Crippen molar-refractivity contribution in [1.82, 2.24) is 14.5 Å². The summed E-state index contributed by atoms with van der Waals surface area (Å²) in [6.07, 6.45) is 1.86. The number of benzene rings is 1. The van der Waals surface area contributed by atoms with E-state index in [1.54, 1.807) is 0 Å². The van der Waals surface area contributed by atoms with Gasteiger partial charge < -0.3 is 9.47 Å². The Morgan fingerprint density at radius 2 is 1.90 bits per heavy atom. The van der Waals surface area contributed by atoms with E-state index in [-0.39, 0.29) is 12.1 Å². The summed E-state index contributed by atoms with van der Waals surface area (Å²) in [5.41, 5.74) is 5.95. The smallest absolute Gasteiger partial charge is 0.160 e. The van der Waals surface area contributed by atoms with E-state index in [1.165, 1.54) is 17.0 Å². The summed E-state index contributed by atoms with van der Waals surface area (Å²) in [6.45, 7) is 7.66. The third-order valence-corrected chi connectivity index (χ3v) is 7.11. The van der Waals surface area contributed by atoms with Crippen molar-refractivity contribution in [3.05, 3.63) is 82.4 Å². The molecule has 1 saturated heterocycles. The molecule has 0 radical (unpaired) electrons. The van der Waals surface area contributed by atoms with Gasteiger partial charge in [0.05, 0.1) is 11.7 Å². The molecule has 0 spiro atoms. The fraction of sp³-hybridized carbons (Fsp3) is 0.304. The first-order valence-corrected chi connectivity index (χ1v) is 11.2. The third kappa shape index (κ3) is 3.17. The number of hydrogen-bond acceptors (Lipinski definition) is 4. The second-order valence-electron chi connectivity index (χ2n) is 7.78. The summed E-state index contributed by atoms with van der Waals surface area (Å²) in [4.78, 5) is 12.2. The van der Waals surface area contributed by atoms with E-state index in [2.05, 4.69) is 65.6 Å². The maximum atomic E-state index is 6.11. The van der Waals surface area contributed by atoms with Crippen LogP contribution in [0.3, 0.4) is 0 Å². The zero-order valence-corrected chi connectivity index (χ0v) is 18.3. The lowest BCUT2D eigenvalue weighted by Gasteiger charge is -2.27. The molecule has 3 atom stereocenters. The number of amidine groups is 1. The van der Waals surface area contributed by atoms with E-state index in [0.717, 1.165) is 28.1 Å². The lowest BCUT2D eigenvalue weighted by atomic mass is 9.96. The molecule has 0 bridgehead atoms. The van der Waals surface area contributed by atoms with Crippen molar-refractivity contribution in [1.29, 1.82) is 0 Å². The van der Waals surface area contributed by atoms with Crippen molar-refractivity contribution in [3.63, 3.8) is 0 Å². The lowest BCUT2D eigenvalue weighted by molar-refractivity contribution is 0.320. The van der Waals surface area contributed by atoms with Gasteiger partial charge in [-0.25, -0.2) is 0 Å². The Kier molecular flexibility index (Phi) is 4.67. The molecule has 1 aromatic carbocycles. The van der Waals surface area contributed by atoms with Gasteiger partial charge in [-0.1, -0.05) is 36.4 Å². The summed E-state index contributed by atoms with van der Waals surface area (Å²) < 4.78 is 2.31. The van der Waals surface area contributed by atoms with Crippen LogP contribution < -0.4 is 0 Å². The molecule has 5 rings (SSSR count). The first-order valence-electron chi connectivity index (χ1n) is 9.89. The Bertz CT molecular complexity index is 1070. The van der Waals surface area contributed by atoms with Gasteiger partial charge >= 0.3 is 0 Å². The molecule has 0 unspecified atom stereocenters. The molecule has 29 heavy (non-hydrogen) atoms. The van der Waals surface area contributed by atoms with Crippen molar-refractivity contribution >= 4 is 28.5 Å². The molecule has 148 valence electrons. The molecule has 3 aromatic rings. The van der Waals surface area contributed by atoms with E-state index in [1.807, 2.05) is 36.2 Å². The topological polar surface area (TPSA) is 33.4 Å². The van der Waals surface area contributed by atoms with Crippen LogP contribution in [0, 0.1) is 13.8 Å². The average molecular weight is 423 g/mol. The molecule has 2 aliphatic heterocycles. The maximum absolute atomic E-state index is 6.11. The molecular formula is C23H23ClN4S. The predicted molar refractivity (Wildman–Crippen MR) is 121 cm³/mol. The third-order valence-electron chi connectivity index (χ3n) is 5.76. The Balaban J connectivity index is 1.62. The van der Waals surface area contributed by atoms with Crippen LogP contribution in [0.25, 0.3) is 5.69 Å². The second-order valence-corrected chi connectivity index (χ2v) is 9.62. The highest BCUT2D eigenvalue weighted by atomic mass is 35.5. The monoisotopic (exact) mass is 422 g/mol. The van der Waals surface area contributed by atoms with Gasteiger partial charge in [0.15, 0.2) is 5.17 Å². The number of rotatable bonds is 3. The van der Waals surface area contributed by atoms with Crippen molar-refractivity contribution < 1.29 is 0 Å². The molecule has 0 N–H and O–H groups in total. The molecular weight excluding hydrogens is 400 g/mol. The molecule has 6 heteroatoms. The second kappa shape index (κ2) is 7.22. The SMILES string of the molecule is Cc1cc([C@H]2[C@@H](c3ccccn3)N=C3S[C@@H](C)CN32)c(C)n1-c1ccc(Cl)cc1. The Hall–Kier alpha value is -2.24. The Morgan fingerprint density at radius 1 is 1.10 bits per heavy atom. The highest BCUT2D eigenvalue weighted by molar-refractivity contribution is 8.14. The van der Waals surface area contributed by atoms with Crippen LogP contribution in [0.2, 0.25) is 5.02 Å². The highest BCUT2D eigenvalue weighted by Crippen LogP contribution is 2.48. The number of aryl methyl sites for hydroxylation is 1. The Labute approximate surface area is 180 Å². The summed E-state index contributed by atoms with van der Waals surface area (Å²) >= 11 is 7.98. The lowest BCUT2D eigenvalue weighted by Crippen LogP contribution is -2.28. The van der Waals surface area contributed by atoms with Crippen molar-refractivity contribution in [2.75, 3.05) is 6.54 Å². The summed E-state index contributed by atoms with van der Waals surface area (Å²) in [5.74, 6) is 0. The van der Waals surface area contributed by atoms with Gasteiger partial charge in [0.25, 0.3) is 0 Å². The van der Waals surface area contributed by atoms with Crippen molar-refractivity contribution in [2.45, 2.75) is 38.1 Å². The highest BCUT2D eigenvalue weighted by Gasteiger charge is 2.44. The van der Waals surface area contributed by atoms with Gasteiger partial charge in [-0.05, 0) is 61.9 Å². The maximum Gasteiger partial charge on any atom is 0.160 e. The molecule has 4 nitrogen and oxygen atoms in total. The van der Waals surface area contributed by atoms with Crippen LogP contribution in [0.5, 0.6) is 0 Å². The van der Waals surface area contributed by atoms with Crippen LogP contribution in [0.4, 0.5) is 0 Å². The number of hydrogen-bond donors (Lipinski definition) is 0. The van der Waals surface area contributed by atoms with Crippen LogP contribution in [-0.2, 0) is 0 Å². The van der Waals surface area contributed by atoms with Gasteiger partial charge in [-0.15, -0.1) is 0 Å². The Morgan fingerprint density at radius 3 is 2.62 bits per heavy atom. The number of thioether (sulfide) groups is 1. The van der Waals surface area contributed by atoms with Gasteiger partial charge in [-0.2, -0.15) is 0 Å². The minimum atomic E-state index is 0.0189. The van der Waals surface area contributed by atoms with E-state index in [0.29, 0.717) is 5.25 Å².